The molecule has 2 rings (SSSR count). The summed E-state index contributed by atoms with van der Waals surface area (Å²) in [5.74, 6) is 2.54. The van der Waals surface area contributed by atoms with Gasteiger partial charge in [-0.05, 0) is 61.8 Å². The Morgan fingerprint density at radius 2 is 2.14 bits per heavy atom. The van der Waals surface area contributed by atoms with Gasteiger partial charge < -0.3 is 10.1 Å². The fourth-order valence-corrected chi connectivity index (χ4v) is 3.17. The first kappa shape index (κ1) is 16.4. The molecule has 1 N–H and O–H groups in total. The maximum atomic E-state index is 5.35. The van der Waals surface area contributed by atoms with E-state index in [2.05, 4.69) is 37.4 Å². The number of benzene rings is 1. The quantitative estimate of drug-likeness (QED) is 0.688. The van der Waals surface area contributed by atoms with Crippen LogP contribution in [0.5, 0.6) is 5.75 Å². The lowest BCUT2D eigenvalue weighted by Gasteiger charge is -2.22. The third-order valence-corrected chi connectivity index (χ3v) is 4.45. The third kappa shape index (κ3) is 6.09. The van der Waals surface area contributed by atoms with Crippen LogP contribution in [0.15, 0.2) is 24.3 Å². The van der Waals surface area contributed by atoms with Crippen molar-refractivity contribution in [2.45, 2.75) is 58.4 Å². The maximum absolute atomic E-state index is 5.35. The van der Waals surface area contributed by atoms with Gasteiger partial charge in [0.25, 0.3) is 0 Å². The Morgan fingerprint density at radius 1 is 1.33 bits per heavy atom. The molecule has 0 radical (unpaired) electrons. The van der Waals surface area contributed by atoms with Crippen molar-refractivity contribution in [2.75, 3.05) is 13.7 Å². The Kier molecular flexibility index (Phi) is 6.56. The highest BCUT2D eigenvalue weighted by Crippen LogP contribution is 2.24. The van der Waals surface area contributed by atoms with Crippen molar-refractivity contribution in [3.8, 4) is 5.75 Å². The van der Waals surface area contributed by atoms with Crippen molar-refractivity contribution in [3.05, 3.63) is 29.8 Å². The molecule has 21 heavy (non-hydrogen) atoms. The van der Waals surface area contributed by atoms with E-state index in [0.29, 0.717) is 0 Å². The van der Waals surface area contributed by atoms with Crippen LogP contribution in [-0.4, -0.2) is 19.7 Å². The van der Waals surface area contributed by atoms with Crippen LogP contribution in [0.4, 0.5) is 0 Å². The highest BCUT2D eigenvalue weighted by Gasteiger charge is 2.22. The fraction of sp³-hybridized carbons (Fsp3) is 0.684. The molecule has 1 aliphatic carbocycles. The van der Waals surface area contributed by atoms with E-state index >= 15 is 0 Å². The standard InChI is InChI=1S/C19H31NO/c1-4-6-15(2)11-17(14-20-18-9-10-18)12-16-7-5-8-19(13-16)21-3/h5,7-8,13,15,17-18,20H,4,6,9-12,14H2,1-3H3. The van der Waals surface area contributed by atoms with E-state index in [4.69, 9.17) is 4.74 Å². The van der Waals surface area contributed by atoms with Crippen molar-refractivity contribution in [3.63, 3.8) is 0 Å². The summed E-state index contributed by atoms with van der Waals surface area (Å²) < 4.78 is 5.35. The zero-order valence-electron chi connectivity index (χ0n) is 13.9. The summed E-state index contributed by atoms with van der Waals surface area (Å²) in [6.07, 6.45) is 7.86. The summed E-state index contributed by atoms with van der Waals surface area (Å²) in [5, 5.41) is 3.72. The van der Waals surface area contributed by atoms with Gasteiger partial charge in [0.1, 0.15) is 5.75 Å². The molecule has 1 saturated carbocycles. The molecule has 1 fully saturated rings. The molecule has 0 aromatic heterocycles. The van der Waals surface area contributed by atoms with Crippen molar-refractivity contribution in [2.24, 2.45) is 11.8 Å². The Hall–Kier alpha value is -1.02. The second-order valence-corrected chi connectivity index (χ2v) is 6.73. The molecule has 0 saturated heterocycles. The Bertz CT molecular complexity index is 414. The highest BCUT2D eigenvalue weighted by atomic mass is 16.5. The van der Waals surface area contributed by atoms with Gasteiger partial charge in [-0.25, -0.2) is 0 Å². The second kappa shape index (κ2) is 8.43. The van der Waals surface area contributed by atoms with Gasteiger partial charge in [-0.3, -0.25) is 0 Å². The average molecular weight is 289 g/mol. The monoisotopic (exact) mass is 289 g/mol. The Labute approximate surface area is 130 Å². The molecule has 118 valence electrons. The molecular formula is C19H31NO. The molecule has 2 atom stereocenters. The first-order valence-corrected chi connectivity index (χ1v) is 8.57. The lowest BCUT2D eigenvalue weighted by molar-refractivity contribution is 0.352. The van der Waals surface area contributed by atoms with Gasteiger partial charge in [-0.1, -0.05) is 38.8 Å². The maximum Gasteiger partial charge on any atom is 0.119 e. The summed E-state index contributed by atoms with van der Waals surface area (Å²) in [7, 11) is 1.74. The number of hydrogen-bond donors (Lipinski definition) is 1. The van der Waals surface area contributed by atoms with E-state index in [9.17, 15) is 0 Å². The van der Waals surface area contributed by atoms with Crippen molar-refractivity contribution >= 4 is 0 Å². The lowest BCUT2D eigenvalue weighted by atomic mass is 9.88. The Morgan fingerprint density at radius 3 is 2.81 bits per heavy atom. The van der Waals surface area contributed by atoms with E-state index < -0.39 is 0 Å². The summed E-state index contributed by atoms with van der Waals surface area (Å²) in [5.41, 5.74) is 1.40. The molecule has 0 aliphatic heterocycles. The fourth-order valence-electron chi connectivity index (χ4n) is 3.17. The third-order valence-electron chi connectivity index (χ3n) is 4.45. The van der Waals surface area contributed by atoms with Crippen LogP contribution in [0.2, 0.25) is 0 Å². The predicted octanol–water partition coefficient (Wildman–Crippen LogP) is 4.43. The van der Waals surface area contributed by atoms with Crippen LogP contribution in [-0.2, 0) is 6.42 Å². The number of rotatable bonds is 10. The van der Waals surface area contributed by atoms with Crippen LogP contribution >= 0.6 is 0 Å². The molecule has 0 bridgehead atoms. The van der Waals surface area contributed by atoms with E-state index in [1.54, 1.807) is 7.11 Å². The summed E-state index contributed by atoms with van der Waals surface area (Å²) >= 11 is 0. The highest BCUT2D eigenvalue weighted by molar-refractivity contribution is 5.28. The molecule has 1 aliphatic rings. The molecule has 2 heteroatoms. The van der Waals surface area contributed by atoms with E-state index in [0.717, 1.165) is 36.6 Å². The molecule has 0 heterocycles. The smallest absolute Gasteiger partial charge is 0.119 e. The molecule has 2 unspecified atom stereocenters. The minimum Gasteiger partial charge on any atom is -0.497 e. The lowest BCUT2D eigenvalue weighted by Crippen LogP contribution is -2.27. The van der Waals surface area contributed by atoms with E-state index in [-0.39, 0.29) is 0 Å². The summed E-state index contributed by atoms with van der Waals surface area (Å²) in [6, 6.07) is 9.36. The number of hydrogen-bond acceptors (Lipinski definition) is 2. The average Bonchev–Trinajstić information content (AvgIpc) is 3.29. The molecule has 2 nitrogen and oxygen atoms in total. The van der Waals surface area contributed by atoms with Gasteiger partial charge in [0.2, 0.25) is 0 Å². The van der Waals surface area contributed by atoms with Crippen LogP contribution in [0.25, 0.3) is 0 Å². The van der Waals surface area contributed by atoms with Gasteiger partial charge >= 0.3 is 0 Å². The molecular weight excluding hydrogens is 258 g/mol. The Balaban J connectivity index is 1.91. The first-order valence-electron chi connectivity index (χ1n) is 8.57. The van der Waals surface area contributed by atoms with Crippen LogP contribution < -0.4 is 10.1 Å². The van der Waals surface area contributed by atoms with Crippen LogP contribution in [0.1, 0.15) is 51.5 Å². The van der Waals surface area contributed by atoms with Gasteiger partial charge in [0, 0.05) is 6.04 Å². The normalized spacial score (nSPS) is 17.5. The summed E-state index contributed by atoms with van der Waals surface area (Å²) in [4.78, 5) is 0. The van der Waals surface area contributed by atoms with E-state index in [1.165, 1.54) is 37.7 Å². The zero-order chi connectivity index (χ0) is 15.1. The van der Waals surface area contributed by atoms with Crippen LogP contribution in [0, 0.1) is 11.8 Å². The van der Waals surface area contributed by atoms with Crippen LogP contribution in [0.3, 0.4) is 0 Å². The van der Waals surface area contributed by atoms with Gasteiger partial charge in [0.05, 0.1) is 7.11 Å². The van der Waals surface area contributed by atoms with Gasteiger partial charge in [-0.15, -0.1) is 0 Å². The topological polar surface area (TPSA) is 21.3 Å². The number of methoxy groups -OCH3 is 1. The van der Waals surface area contributed by atoms with E-state index in [1.807, 2.05) is 6.07 Å². The SMILES string of the molecule is CCCC(C)CC(CNC1CC1)Cc1cccc(OC)c1. The number of ether oxygens (including phenoxy) is 1. The molecule has 0 amide bonds. The molecule has 1 aromatic carbocycles. The van der Waals surface area contributed by atoms with Gasteiger partial charge in [0.15, 0.2) is 0 Å². The minimum absolute atomic E-state index is 0.735. The van der Waals surface area contributed by atoms with Gasteiger partial charge in [-0.2, -0.15) is 0 Å². The van der Waals surface area contributed by atoms with Crippen molar-refractivity contribution in [1.82, 2.24) is 5.32 Å². The zero-order valence-corrected chi connectivity index (χ0v) is 13.9. The minimum atomic E-state index is 0.735. The van der Waals surface area contributed by atoms with Crippen molar-refractivity contribution in [1.29, 1.82) is 0 Å². The number of nitrogens with one attached hydrogen (secondary N) is 1. The second-order valence-electron chi connectivity index (χ2n) is 6.73. The first-order chi connectivity index (χ1) is 10.2. The largest absolute Gasteiger partial charge is 0.497 e. The summed E-state index contributed by atoms with van der Waals surface area (Å²) in [6.45, 7) is 5.85. The predicted molar refractivity (Wildman–Crippen MR) is 89.9 cm³/mol. The molecule has 1 aromatic rings. The van der Waals surface area contributed by atoms with Crippen molar-refractivity contribution < 1.29 is 4.74 Å². The molecule has 0 spiro atoms.